The van der Waals surface area contributed by atoms with Gasteiger partial charge in [-0.15, -0.1) is 0 Å². The molecule has 0 aliphatic carbocycles. The summed E-state index contributed by atoms with van der Waals surface area (Å²) in [5, 5.41) is 3.77. The van der Waals surface area contributed by atoms with Crippen molar-refractivity contribution in [1.82, 2.24) is 15.0 Å². The molecule has 0 unspecified atom stereocenters. The highest BCUT2D eigenvalue weighted by Gasteiger charge is 2.09. The molecule has 0 aliphatic heterocycles. The van der Waals surface area contributed by atoms with Crippen LogP contribution in [-0.2, 0) is 13.1 Å². The monoisotopic (exact) mass is 212 g/mol. The Labute approximate surface area is 90.6 Å². The molecule has 1 rings (SSSR count). The smallest absolute Gasteiger partial charge is 0.240 e. The Kier molecular flexibility index (Phi) is 5.28. The second-order valence-electron chi connectivity index (χ2n) is 3.58. The van der Waals surface area contributed by atoms with Gasteiger partial charge in [0.1, 0.15) is 0 Å². The zero-order valence-corrected chi connectivity index (χ0v) is 9.57. The maximum absolute atomic E-state index is 5.41. The summed E-state index contributed by atoms with van der Waals surface area (Å²) in [5.74, 6) is 1.25. The topological polar surface area (TPSA) is 68.2 Å². The summed E-state index contributed by atoms with van der Waals surface area (Å²) in [4.78, 5) is 6.50. The minimum atomic E-state index is 0.338. The van der Waals surface area contributed by atoms with Crippen molar-refractivity contribution in [3.8, 4) is 0 Å². The summed E-state index contributed by atoms with van der Waals surface area (Å²) in [6, 6.07) is 0. The van der Waals surface area contributed by atoms with Crippen molar-refractivity contribution in [2.24, 2.45) is 5.73 Å². The van der Waals surface area contributed by atoms with Crippen LogP contribution in [0, 0.1) is 0 Å². The van der Waals surface area contributed by atoms with Crippen LogP contribution in [0.15, 0.2) is 4.52 Å². The number of hydrogen-bond donors (Lipinski definition) is 1. The van der Waals surface area contributed by atoms with Crippen LogP contribution in [0.3, 0.4) is 0 Å². The number of nitrogens with two attached hydrogens (primary N) is 1. The molecule has 0 aromatic carbocycles. The molecular weight excluding hydrogens is 192 g/mol. The third-order valence-corrected chi connectivity index (χ3v) is 2.13. The second kappa shape index (κ2) is 6.53. The Morgan fingerprint density at radius 1 is 1.27 bits per heavy atom. The Balaban J connectivity index is 2.48. The van der Waals surface area contributed by atoms with Crippen LogP contribution in [0.4, 0.5) is 0 Å². The molecule has 0 spiro atoms. The van der Waals surface area contributed by atoms with E-state index in [0.29, 0.717) is 18.3 Å². The number of aromatic nitrogens is 2. The Morgan fingerprint density at radius 3 is 2.40 bits per heavy atom. The summed E-state index contributed by atoms with van der Waals surface area (Å²) < 4.78 is 5.10. The molecule has 0 bridgehead atoms. The maximum atomic E-state index is 5.41. The predicted molar refractivity (Wildman–Crippen MR) is 58.0 cm³/mol. The zero-order valence-electron chi connectivity index (χ0n) is 9.57. The van der Waals surface area contributed by atoms with Gasteiger partial charge in [-0.25, -0.2) is 0 Å². The van der Waals surface area contributed by atoms with E-state index in [1.165, 1.54) is 0 Å². The van der Waals surface area contributed by atoms with E-state index in [2.05, 4.69) is 28.9 Å². The van der Waals surface area contributed by atoms with Crippen molar-refractivity contribution < 1.29 is 4.52 Å². The molecule has 0 radical (unpaired) electrons. The van der Waals surface area contributed by atoms with Gasteiger partial charge < -0.3 is 10.3 Å². The van der Waals surface area contributed by atoms with Crippen LogP contribution in [0.5, 0.6) is 0 Å². The average Bonchev–Trinajstić information content (AvgIpc) is 2.66. The molecule has 0 saturated heterocycles. The largest absolute Gasteiger partial charge is 0.338 e. The highest BCUT2D eigenvalue weighted by atomic mass is 16.5. The molecule has 0 aliphatic rings. The van der Waals surface area contributed by atoms with Gasteiger partial charge >= 0.3 is 0 Å². The van der Waals surface area contributed by atoms with Gasteiger partial charge in [-0.3, -0.25) is 4.90 Å². The molecule has 5 heteroatoms. The quantitative estimate of drug-likeness (QED) is 0.734. The van der Waals surface area contributed by atoms with Crippen LogP contribution >= 0.6 is 0 Å². The van der Waals surface area contributed by atoms with Gasteiger partial charge in [0.05, 0.1) is 13.1 Å². The van der Waals surface area contributed by atoms with Crippen molar-refractivity contribution >= 4 is 0 Å². The van der Waals surface area contributed by atoms with Crippen LogP contribution in [-0.4, -0.2) is 28.1 Å². The number of hydrogen-bond acceptors (Lipinski definition) is 5. The van der Waals surface area contributed by atoms with E-state index in [-0.39, 0.29) is 0 Å². The molecule has 2 N–H and O–H groups in total. The fourth-order valence-electron chi connectivity index (χ4n) is 1.53. The first kappa shape index (κ1) is 12.1. The first-order valence-electron chi connectivity index (χ1n) is 5.54. The average molecular weight is 212 g/mol. The van der Waals surface area contributed by atoms with Gasteiger partial charge in [0.25, 0.3) is 0 Å². The molecule has 1 aromatic heterocycles. The standard InChI is InChI=1S/C10H20N4O/c1-3-5-14(6-4-2)8-10-12-9(7-11)13-15-10/h3-8,11H2,1-2H3. The van der Waals surface area contributed by atoms with E-state index in [0.717, 1.165) is 32.5 Å². The lowest BCUT2D eigenvalue weighted by atomic mass is 10.3. The van der Waals surface area contributed by atoms with E-state index in [9.17, 15) is 0 Å². The molecule has 1 heterocycles. The summed E-state index contributed by atoms with van der Waals surface area (Å²) >= 11 is 0. The molecule has 86 valence electrons. The van der Waals surface area contributed by atoms with Gasteiger partial charge in [0, 0.05) is 0 Å². The molecule has 1 aromatic rings. The van der Waals surface area contributed by atoms with Gasteiger partial charge in [0.15, 0.2) is 5.82 Å². The highest BCUT2D eigenvalue weighted by molar-refractivity contribution is 4.85. The van der Waals surface area contributed by atoms with E-state index in [1.54, 1.807) is 0 Å². The van der Waals surface area contributed by atoms with Crippen LogP contribution in [0.25, 0.3) is 0 Å². The summed E-state index contributed by atoms with van der Waals surface area (Å²) in [5.41, 5.74) is 5.41. The molecule has 0 fully saturated rings. The highest BCUT2D eigenvalue weighted by Crippen LogP contribution is 2.04. The fraction of sp³-hybridized carbons (Fsp3) is 0.800. The number of nitrogens with zero attached hydrogens (tertiary/aromatic N) is 3. The fourth-order valence-corrected chi connectivity index (χ4v) is 1.53. The first-order chi connectivity index (χ1) is 7.30. The predicted octanol–water partition coefficient (Wildman–Crippen LogP) is 1.15. The van der Waals surface area contributed by atoms with Crippen molar-refractivity contribution in [3.63, 3.8) is 0 Å². The molecule has 5 nitrogen and oxygen atoms in total. The molecular formula is C10H20N4O. The van der Waals surface area contributed by atoms with E-state index < -0.39 is 0 Å². The summed E-state index contributed by atoms with van der Waals surface area (Å²) in [7, 11) is 0. The van der Waals surface area contributed by atoms with Gasteiger partial charge in [-0.1, -0.05) is 19.0 Å². The van der Waals surface area contributed by atoms with Crippen molar-refractivity contribution in [2.75, 3.05) is 13.1 Å². The summed E-state index contributed by atoms with van der Waals surface area (Å²) in [6.07, 6.45) is 2.27. The van der Waals surface area contributed by atoms with Gasteiger partial charge in [-0.2, -0.15) is 4.98 Å². The van der Waals surface area contributed by atoms with E-state index in [4.69, 9.17) is 10.3 Å². The van der Waals surface area contributed by atoms with E-state index >= 15 is 0 Å². The van der Waals surface area contributed by atoms with Gasteiger partial charge in [-0.05, 0) is 25.9 Å². The molecule has 15 heavy (non-hydrogen) atoms. The second-order valence-corrected chi connectivity index (χ2v) is 3.58. The molecule has 0 amide bonds. The normalized spacial score (nSPS) is 11.2. The van der Waals surface area contributed by atoms with Crippen LogP contribution in [0.1, 0.15) is 38.4 Å². The van der Waals surface area contributed by atoms with E-state index in [1.807, 2.05) is 0 Å². The lowest BCUT2D eigenvalue weighted by Crippen LogP contribution is -2.25. The first-order valence-corrected chi connectivity index (χ1v) is 5.54. The lowest BCUT2D eigenvalue weighted by molar-refractivity contribution is 0.226. The third kappa shape index (κ3) is 3.97. The van der Waals surface area contributed by atoms with Crippen molar-refractivity contribution in [3.05, 3.63) is 11.7 Å². The lowest BCUT2D eigenvalue weighted by Gasteiger charge is -2.18. The summed E-state index contributed by atoms with van der Waals surface area (Å²) in [6.45, 7) is 7.53. The third-order valence-electron chi connectivity index (χ3n) is 2.13. The van der Waals surface area contributed by atoms with Crippen LogP contribution in [0.2, 0.25) is 0 Å². The Morgan fingerprint density at radius 2 is 1.93 bits per heavy atom. The zero-order chi connectivity index (χ0) is 11.1. The van der Waals surface area contributed by atoms with Crippen molar-refractivity contribution in [2.45, 2.75) is 39.8 Å². The Bertz CT molecular complexity index is 268. The Hall–Kier alpha value is -0.940. The van der Waals surface area contributed by atoms with Crippen LogP contribution < -0.4 is 5.73 Å². The molecule has 0 atom stereocenters. The number of rotatable bonds is 7. The minimum absolute atomic E-state index is 0.338. The van der Waals surface area contributed by atoms with Gasteiger partial charge in [0.2, 0.25) is 5.89 Å². The molecule has 0 saturated carbocycles. The van der Waals surface area contributed by atoms with Crippen molar-refractivity contribution in [1.29, 1.82) is 0 Å². The maximum Gasteiger partial charge on any atom is 0.240 e. The minimum Gasteiger partial charge on any atom is -0.338 e. The SMILES string of the molecule is CCCN(CCC)Cc1nc(CN)no1.